The molecule has 0 saturated heterocycles. The minimum atomic E-state index is -0.192. The number of fused-ring (bicyclic) bond motifs is 13. The van der Waals surface area contributed by atoms with Crippen LogP contribution >= 0.6 is 0 Å². The van der Waals surface area contributed by atoms with Crippen LogP contribution in [0.1, 0.15) is 96.3 Å². The van der Waals surface area contributed by atoms with Gasteiger partial charge in [-0.3, -0.25) is 0 Å². The highest BCUT2D eigenvalue weighted by molar-refractivity contribution is 5.94. The topological polar surface area (TPSA) is 43.9 Å². The van der Waals surface area contributed by atoms with Crippen molar-refractivity contribution in [2.24, 2.45) is 0 Å². The summed E-state index contributed by atoms with van der Waals surface area (Å²) in [5, 5.41) is 1.33. The van der Waals surface area contributed by atoms with Crippen molar-refractivity contribution in [1.82, 2.24) is 14.5 Å². The molecule has 13 rings (SSSR count). The Morgan fingerprint density at radius 3 is 2.31 bits per heavy atom. The van der Waals surface area contributed by atoms with Crippen LogP contribution in [-0.2, 0) is 24.7 Å². The highest BCUT2D eigenvalue weighted by Crippen LogP contribution is 2.55. The SMILES string of the molecule is CC12CCc3cc1n(c1c(c4nc(-c5ccccc5)nc(-c5ccccc5)cc3-4)C=C(C3=CC(C4=CCCC=C4)=CCC3c3ccccc3)CC1)-c1ccc3oc4c(c3c12)CCC=C4. The monoisotopic (exact) mass is 827 g/mol. The van der Waals surface area contributed by atoms with Crippen molar-refractivity contribution in [3.8, 4) is 39.6 Å². The second-order valence-corrected chi connectivity index (χ2v) is 18.6. The van der Waals surface area contributed by atoms with E-state index in [9.17, 15) is 0 Å². The number of rotatable bonds is 5. The largest absolute Gasteiger partial charge is 0.456 e. The summed E-state index contributed by atoms with van der Waals surface area (Å²) in [6, 6.07) is 41.9. The Bertz CT molecular complexity index is 3300. The number of furan rings is 1. The lowest BCUT2D eigenvalue weighted by Crippen LogP contribution is -2.27. The molecule has 8 aliphatic rings. The Hall–Kier alpha value is -7.04. The molecule has 1 aromatic heterocycles. The molecule has 310 valence electrons. The third-order valence-corrected chi connectivity index (χ3v) is 15.0. The maximum Gasteiger partial charge on any atom is 0.160 e. The van der Waals surface area contributed by atoms with E-state index in [1.54, 1.807) is 0 Å². The molecule has 5 aromatic rings. The molecule has 2 unspecified atom stereocenters. The molecule has 0 fully saturated rings. The minimum Gasteiger partial charge on any atom is -0.456 e. The predicted octanol–water partition coefficient (Wildman–Crippen LogP) is 14.7. The van der Waals surface area contributed by atoms with Crippen LogP contribution in [0, 0.1) is 0 Å². The number of allylic oxidation sites excluding steroid dienone is 10. The lowest BCUT2D eigenvalue weighted by Gasteiger charge is -2.33. The average Bonchev–Trinajstić information content (AvgIpc) is 3.77. The maximum absolute atomic E-state index is 6.64. The summed E-state index contributed by atoms with van der Waals surface area (Å²) in [4.78, 5) is 11.3. The molecule has 2 bridgehead atoms. The van der Waals surface area contributed by atoms with Crippen molar-refractivity contribution in [1.29, 1.82) is 0 Å². The van der Waals surface area contributed by atoms with E-state index in [-0.39, 0.29) is 11.3 Å². The molecule has 0 amide bonds. The quantitative estimate of drug-likeness (QED) is 0.174. The Kier molecular flexibility index (Phi) is 8.66. The highest BCUT2D eigenvalue weighted by atomic mass is 16.3. The number of aromatic nitrogens is 3. The van der Waals surface area contributed by atoms with E-state index < -0.39 is 0 Å². The van der Waals surface area contributed by atoms with Crippen LogP contribution in [-0.4, -0.2) is 14.5 Å². The first-order chi connectivity index (χ1) is 31.6. The number of nitrogens with zero attached hydrogens (tertiary/aromatic N) is 3. The average molecular weight is 828 g/mol. The van der Waals surface area contributed by atoms with Crippen LogP contribution in [0.25, 0.3) is 62.7 Å². The van der Waals surface area contributed by atoms with Gasteiger partial charge in [0, 0.05) is 55.9 Å². The zero-order valence-corrected chi connectivity index (χ0v) is 36.3. The van der Waals surface area contributed by atoms with Gasteiger partial charge in [0.1, 0.15) is 11.3 Å². The van der Waals surface area contributed by atoms with Gasteiger partial charge in [-0.25, -0.2) is 9.97 Å². The molecule has 4 aromatic carbocycles. The van der Waals surface area contributed by atoms with Crippen molar-refractivity contribution in [2.45, 2.75) is 76.0 Å². The Morgan fingerprint density at radius 2 is 1.50 bits per heavy atom. The van der Waals surface area contributed by atoms with Crippen LogP contribution in [0.15, 0.2) is 178 Å². The van der Waals surface area contributed by atoms with E-state index in [2.05, 4.69) is 175 Å². The van der Waals surface area contributed by atoms with E-state index >= 15 is 0 Å². The fourth-order valence-electron chi connectivity index (χ4n) is 11.8. The van der Waals surface area contributed by atoms with Gasteiger partial charge in [-0.15, -0.1) is 0 Å². The molecule has 0 saturated carbocycles. The molecular formula is C60H49N3O. The van der Waals surface area contributed by atoms with E-state index in [1.165, 1.54) is 78.1 Å². The smallest absolute Gasteiger partial charge is 0.160 e. The molecule has 0 spiro atoms. The van der Waals surface area contributed by atoms with Crippen LogP contribution in [0.5, 0.6) is 0 Å². The zero-order valence-electron chi connectivity index (χ0n) is 36.3. The number of aryl methyl sites for hydroxylation is 2. The molecule has 5 aliphatic carbocycles. The first kappa shape index (κ1) is 37.5. The molecule has 0 radical (unpaired) electrons. The van der Waals surface area contributed by atoms with Crippen LogP contribution < -0.4 is 0 Å². The summed E-state index contributed by atoms with van der Waals surface area (Å²) < 4.78 is 9.31. The molecule has 4 nitrogen and oxygen atoms in total. The standard InChI is InChI=1S/C60H49N3O/c1-60-33-32-44-36-55(60)63(52-30-31-54-56(57(52)60)46-24-14-15-25-53(46)64-54)51-29-27-43(47-34-42(38-16-6-2-7-17-38)26-28-45(47)39-18-8-3-9-19-39)35-49(51)58-48(44)37-50(40-20-10-4-11-21-40)61-59(62-58)41-22-12-5-13-23-41/h3-6,8-13,15-23,25-26,30-31,34-37,45H,2,7,14,24,27-29,32-33H2,1H3. The van der Waals surface area contributed by atoms with Crippen molar-refractivity contribution < 1.29 is 4.42 Å². The Labute approximate surface area is 375 Å². The number of hydrogen-bond acceptors (Lipinski definition) is 3. The summed E-state index contributed by atoms with van der Waals surface area (Å²) in [5.41, 5.74) is 22.2. The Balaban J connectivity index is 1.14. The predicted molar refractivity (Wildman–Crippen MR) is 261 cm³/mol. The highest BCUT2D eigenvalue weighted by Gasteiger charge is 2.45. The van der Waals surface area contributed by atoms with Gasteiger partial charge in [0.2, 0.25) is 0 Å². The van der Waals surface area contributed by atoms with Crippen molar-refractivity contribution >= 4 is 23.1 Å². The maximum atomic E-state index is 6.64. The van der Waals surface area contributed by atoms with E-state index in [1.807, 2.05) is 0 Å². The van der Waals surface area contributed by atoms with Crippen molar-refractivity contribution in [3.05, 3.63) is 219 Å². The molecule has 0 N–H and O–H groups in total. The molecule has 2 atom stereocenters. The van der Waals surface area contributed by atoms with E-state index in [4.69, 9.17) is 14.4 Å². The van der Waals surface area contributed by atoms with Crippen molar-refractivity contribution in [2.75, 3.05) is 0 Å². The molecule has 3 aliphatic heterocycles. The molecule has 64 heavy (non-hydrogen) atoms. The molecule has 4 heterocycles. The second kappa shape index (κ2) is 14.8. The minimum absolute atomic E-state index is 0.192. The fourth-order valence-corrected chi connectivity index (χ4v) is 11.8. The molecule has 4 heteroatoms. The number of hydrogen-bond donors (Lipinski definition) is 0. The van der Waals surface area contributed by atoms with Crippen molar-refractivity contribution in [3.63, 3.8) is 0 Å². The first-order valence-corrected chi connectivity index (χ1v) is 23.4. The van der Waals surface area contributed by atoms with E-state index in [0.717, 1.165) is 97.5 Å². The Morgan fingerprint density at radius 1 is 0.703 bits per heavy atom. The summed E-state index contributed by atoms with van der Waals surface area (Å²) in [5.74, 6) is 2.02. The van der Waals surface area contributed by atoms with Gasteiger partial charge >= 0.3 is 0 Å². The van der Waals surface area contributed by atoms with Gasteiger partial charge in [0.15, 0.2) is 5.82 Å². The van der Waals surface area contributed by atoms with Crippen LogP contribution in [0.3, 0.4) is 0 Å². The zero-order chi connectivity index (χ0) is 42.4. The summed E-state index contributed by atoms with van der Waals surface area (Å²) in [6.07, 6.45) is 28.0. The number of benzene rings is 4. The van der Waals surface area contributed by atoms with E-state index in [0.29, 0.717) is 0 Å². The van der Waals surface area contributed by atoms with Gasteiger partial charge in [0.05, 0.1) is 17.1 Å². The van der Waals surface area contributed by atoms with Crippen LogP contribution in [0.2, 0.25) is 0 Å². The summed E-state index contributed by atoms with van der Waals surface area (Å²) in [6.45, 7) is 2.51. The lowest BCUT2D eigenvalue weighted by molar-refractivity contribution is 0.505. The van der Waals surface area contributed by atoms with Gasteiger partial charge in [-0.1, -0.05) is 127 Å². The second-order valence-electron chi connectivity index (χ2n) is 18.6. The van der Waals surface area contributed by atoms with Gasteiger partial charge in [-0.05, 0) is 140 Å². The third kappa shape index (κ3) is 5.88. The van der Waals surface area contributed by atoms with Crippen LogP contribution in [0.4, 0.5) is 0 Å². The normalized spacial score (nSPS) is 20.2. The summed E-state index contributed by atoms with van der Waals surface area (Å²) in [7, 11) is 0. The fraction of sp³-hybridized carbons (Fsp3) is 0.200. The molecular weight excluding hydrogens is 779 g/mol. The lowest BCUT2D eigenvalue weighted by atomic mass is 9.71. The van der Waals surface area contributed by atoms with Gasteiger partial charge in [0.25, 0.3) is 0 Å². The van der Waals surface area contributed by atoms with Gasteiger partial charge in [-0.2, -0.15) is 0 Å². The first-order valence-electron chi connectivity index (χ1n) is 23.4. The third-order valence-electron chi connectivity index (χ3n) is 15.0. The summed E-state index contributed by atoms with van der Waals surface area (Å²) >= 11 is 0. The van der Waals surface area contributed by atoms with Gasteiger partial charge < -0.3 is 8.98 Å².